The molecular weight excluding hydrogens is 360 g/mol. The van der Waals surface area contributed by atoms with Gasteiger partial charge in [-0.1, -0.05) is 22.0 Å². The van der Waals surface area contributed by atoms with Crippen LogP contribution in [0.1, 0.15) is 16.7 Å². The first-order valence-corrected chi connectivity index (χ1v) is 8.00. The molecule has 1 unspecified atom stereocenters. The van der Waals surface area contributed by atoms with Gasteiger partial charge in [0.25, 0.3) is 6.02 Å². The summed E-state index contributed by atoms with van der Waals surface area (Å²) in [6.45, 7) is 0.879. The van der Waals surface area contributed by atoms with Crippen molar-refractivity contribution in [1.82, 2.24) is 0 Å². The average Bonchev–Trinajstić information content (AvgIpc) is 2.92. The van der Waals surface area contributed by atoms with Crippen molar-refractivity contribution in [2.45, 2.75) is 12.1 Å². The van der Waals surface area contributed by atoms with Gasteiger partial charge in [-0.2, -0.15) is 0 Å². The highest BCUT2D eigenvalue weighted by molar-refractivity contribution is 9.10. The highest BCUT2D eigenvalue weighted by atomic mass is 79.9. The molecule has 1 spiro atoms. The van der Waals surface area contributed by atoms with Crippen molar-refractivity contribution in [3.05, 3.63) is 57.6 Å². The number of hydrogen-bond donors (Lipinski definition) is 1. The van der Waals surface area contributed by atoms with Crippen molar-refractivity contribution in [1.29, 1.82) is 0 Å². The molecule has 118 valence electrons. The Kier molecular flexibility index (Phi) is 3.32. The third kappa shape index (κ3) is 2.21. The summed E-state index contributed by atoms with van der Waals surface area (Å²) in [6.07, 6.45) is 0. The molecule has 2 heterocycles. The van der Waals surface area contributed by atoms with Crippen LogP contribution in [-0.2, 0) is 21.6 Å². The van der Waals surface area contributed by atoms with Crippen LogP contribution in [0, 0.1) is 0 Å². The zero-order chi connectivity index (χ0) is 16.0. The van der Waals surface area contributed by atoms with Crippen LogP contribution in [0.4, 0.5) is 0 Å². The molecule has 2 N–H and O–H groups in total. The molecule has 2 aliphatic heterocycles. The molecule has 2 aliphatic rings. The van der Waals surface area contributed by atoms with Gasteiger partial charge in [0.15, 0.2) is 5.54 Å². The predicted octanol–water partition coefficient (Wildman–Crippen LogP) is 3.29. The fraction of sp³-hybridized carbons (Fsp3) is 0.235. The summed E-state index contributed by atoms with van der Waals surface area (Å²) in [7, 11) is 1.67. The second kappa shape index (κ2) is 5.25. The Morgan fingerprint density at radius 1 is 1.22 bits per heavy atom. The molecule has 5 nitrogen and oxygen atoms in total. The second-order valence-corrected chi connectivity index (χ2v) is 6.52. The monoisotopic (exact) mass is 374 g/mol. The van der Waals surface area contributed by atoms with E-state index in [1.165, 1.54) is 0 Å². The SMILES string of the molecule is COCc1ccc2c(c1)C1(COC(N)=N1)c1cc(Br)ccc1O2. The minimum Gasteiger partial charge on any atom is -0.462 e. The minimum absolute atomic E-state index is 0.195. The number of methoxy groups -OCH3 is 1. The number of aliphatic imine (C=N–C) groups is 1. The number of halogens is 1. The van der Waals surface area contributed by atoms with Gasteiger partial charge in [0, 0.05) is 22.7 Å². The van der Waals surface area contributed by atoms with Gasteiger partial charge in [-0.3, -0.25) is 0 Å². The highest BCUT2D eigenvalue weighted by Crippen LogP contribution is 2.51. The number of hydrogen-bond acceptors (Lipinski definition) is 5. The van der Waals surface area contributed by atoms with E-state index in [9.17, 15) is 0 Å². The van der Waals surface area contributed by atoms with Crippen molar-refractivity contribution < 1.29 is 14.2 Å². The number of nitrogens with zero attached hydrogens (tertiary/aromatic N) is 1. The molecule has 0 saturated carbocycles. The molecular formula is C17H15BrN2O3. The normalized spacial score (nSPS) is 21.2. The van der Waals surface area contributed by atoms with E-state index < -0.39 is 5.54 Å². The quantitative estimate of drug-likeness (QED) is 0.875. The smallest absolute Gasteiger partial charge is 0.283 e. The van der Waals surface area contributed by atoms with Gasteiger partial charge in [-0.05, 0) is 35.9 Å². The summed E-state index contributed by atoms with van der Waals surface area (Å²) in [5, 5.41) is 0. The Morgan fingerprint density at radius 2 is 1.96 bits per heavy atom. The topological polar surface area (TPSA) is 66.1 Å². The zero-order valence-electron chi connectivity index (χ0n) is 12.5. The first-order valence-electron chi connectivity index (χ1n) is 7.21. The lowest BCUT2D eigenvalue weighted by molar-refractivity contribution is 0.184. The van der Waals surface area contributed by atoms with E-state index in [1.54, 1.807) is 7.11 Å². The fourth-order valence-electron chi connectivity index (χ4n) is 3.13. The van der Waals surface area contributed by atoms with Gasteiger partial charge in [0.2, 0.25) is 0 Å². The lowest BCUT2D eigenvalue weighted by Crippen LogP contribution is -2.31. The Morgan fingerprint density at radius 3 is 2.65 bits per heavy atom. The molecule has 0 fully saturated rings. The van der Waals surface area contributed by atoms with Crippen LogP contribution in [0.2, 0.25) is 0 Å². The van der Waals surface area contributed by atoms with Crippen molar-refractivity contribution in [2.75, 3.05) is 13.7 Å². The average molecular weight is 375 g/mol. The maximum absolute atomic E-state index is 6.06. The summed E-state index contributed by atoms with van der Waals surface area (Å²) in [4.78, 5) is 4.64. The molecule has 4 rings (SSSR count). The maximum atomic E-state index is 6.06. The molecule has 0 aliphatic carbocycles. The molecule has 2 aromatic carbocycles. The van der Waals surface area contributed by atoms with Gasteiger partial charge in [0.05, 0.1) is 6.61 Å². The van der Waals surface area contributed by atoms with E-state index in [1.807, 2.05) is 36.4 Å². The molecule has 0 bridgehead atoms. The standard InChI is InChI=1S/C17H15BrN2O3/c1-21-8-10-2-4-14-12(6-10)17(9-22-16(19)20-17)13-7-11(18)3-5-15(13)23-14/h2-7H,8-9H2,1H3,(H2,19,20). The Hall–Kier alpha value is -2.05. The highest BCUT2D eigenvalue weighted by Gasteiger charge is 2.47. The van der Waals surface area contributed by atoms with Crippen LogP contribution >= 0.6 is 15.9 Å². The predicted molar refractivity (Wildman–Crippen MR) is 89.7 cm³/mol. The van der Waals surface area contributed by atoms with Crippen LogP contribution in [0.5, 0.6) is 11.5 Å². The summed E-state index contributed by atoms with van der Waals surface area (Å²) in [6, 6.07) is 12.1. The molecule has 23 heavy (non-hydrogen) atoms. The van der Waals surface area contributed by atoms with Crippen LogP contribution in [0.25, 0.3) is 0 Å². The summed E-state index contributed by atoms with van der Waals surface area (Å²) in [5.74, 6) is 1.53. The first-order chi connectivity index (χ1) is 11.1. The van der Waals surface area contributed by atoms with Crippen molar-refractivity contribution in [2.24, 2.45) is 10.7 Å². The van der Waals surface area contributed by atoms with Gasteiger partial charge in [-0.25, -0.2) is 4.99 Å². The number of ether oxygens (including phenoxy) is 3. The Bertz CT molecular complexity index is 821. The fourth-order valence-corrected chi connectivity index (χ4v) is 3.49. The van der Waals surface area contributed by atoms with Crippen LogP contribution in [0.15, 0.2) is 45.9 Å². The number of rotatable bonds is 2. The van der Waals surface area contributed by atoms with Crippen molar-refractivity contribution in [3.63, 3.8) is 0 Å². The summed E-state index contributed by atoms with van der Waals surface area (Å²) >= 11 is 3.52. The minimum atomic E-state index is -0.680. The number of amidine groups is 1. The van der Waals surface area contributed by atoms with Crippen LogP contribution in [-0.4, -0.2) is 19.7 Å². The van der Waals surface area contributed by atoms with Crippen LogP contribution < -0.4 is 10.5 Å². The molecule has 0 saturated heterocycles. The molecule has 2 aromatic rings. The first kappa shape index (κ1) is 14.5. The van der Waals surface area contributed by atoms with Crippen molar-refractivity contribution >= 4 is 22.0 Å². The Balaban J connectivity index is 1.96. The van der Waals surface area contributed by atoms with Gasteiger partial charge in [0.1, 0.15) is 18.1 Å². The van der Waals surface area contributed by atoms with E-state index in [4.69, 9.17) is 19.9 Å². The van der Waals surface area contributed by atoms with E-state index in [0.717, 1.165) is 32.7 Å². The number of benzene rings is 2. The molecule has 0 radical (unpaired) electrons. The molecule has 0 amide bonds. The van der Waals surface area contributed by atoms with E-state index >= 15 is 0 Å². The third-order valence-electron chi connectivity index (χ3n) is 4.14. The zero-order valence-corrected chi connectivity index (χ0v) is 14.1. The maximum Gasteiger partial charge on any atom is 0.283 e. The molecule has 1 atom stereocenters. The van der Waals surface area contributed by atoms with Crippen molar-refractivity contribution in [3.8, 4) is 11.5 Å². The van der Waals surface area contributed by atoms with Gasteiger partial charge in [-0.15, -0.1) is 0 Å². The number of nitrogens with two attached hydrogens (primary N) is 1. The summed E-state index contributed by atoms with van der Waals surface area (Å²) < 4.78 is 17.8. The Labute approximate surface area is 142 Å². The molecule has 6 heteroatoms. The number of fused-ring (bicyclic) bond motifs is 4. The molecule has 0 aromatic heterocycles. The van der Waals surface area contributed by atoms with Crippen LogP contribution in [0.3, 0.4) is 0 Å². The lowest BCUT2D eigenvalue weighted by atomic mass is 9.81. The van der Waals surface area contributed by atoms with E-state index in [-0.39, 0.29) is 6.02 Å². The largest absolute Gasteiger partial charge is 0.462 e. The van der Waals surface area contributed by atoms with Gasteiger partial charge >= 0.3 is 0 Å². The van der Waals surface area contributed by atoms with Gasteiger partial charge < -0.3 is 19.9 Å². The second-order valence-electron chi connectivity index (χ2n) is 5.61. The summed E-state index contributed by atoms with van der Waals surface area (Å²) in [5.41, 5.74) is 8.09. The third-order valence-corrected chi connectivity index (χ3v) is 4.63. The lowest BCUT2D eigenvalue weighted by Gasteiger charge is -2.33. The van der Waals surface area contributed by atoms with E-state index in [0.29, 0.717) is 13.2 Å². The van der Waals surface area contributed by atoms with E-state index in [2.05, 4.69) is 20.9 Å².